The Labute approximate surface area is 158 Å². The highest BCUT2D eigenvalue weighted by atomic mass is 16.5. The molecule has 1 fully saturated rings. The average molecular weight is 369 g/mol. The summed E-state index contributed by atoms with van der Waals surface area (Å²) in [4.78, 5) is 34.7. The van der Waals surface area contributed by atoms with E-state index in [-0.39, 0.29) is 17.9 Å². The predicted octanol–water partition coefficient (Wildman–Crippen LogP) is 2.26. The van der Waals surface area contributed by atoms with Gasteiger partial charge in [-0.3, -0.25) is 4.79 Å². The fourth-order valence-electron chi connectivity index (χ4n) is 3.23. The first-order valence-corrected chi connectivity index (χ1v) is 8.84. The highest BCUT2D eigenvalue weighted by molar-refractivity contribution is 5.97. The van der Waals surface area contributed by atoms with Crippen molar-refractivity contribution in [3.63, 3.8) is 0 Å². The Morgan fingerprint density at radius 2 is 2.15 bits per heavy atom. The molecule has 1 aliphatic rings. The standard InChI is InChI=1S/C19H23N5O3/c1-20-18(25)13-5-6-17(27-2)16(10-13)23-19(26)24-9-3-4-14(11-24)15-7-8-21-12-22-15/h5-8,10,12,14H,3-4,9,11H2,1-2H3,(H,20,25)(H,23,26). The topological polar surface area (TPSA) is 96.5 Å². The summed E-state index contributed by atoms with van der Waals surface area (Å²) in [7, 11) is 3.09. The second-order valence-electron chi connectivity index (χ2n) is 6.34. The van der Waals surface area contributed by atoms with E-state index in [0.29, 0.717) is 30.1 Å². The van der Waals surface area contributed by atoms with E-state index in [1.165, 1.54) is 13.4 Å². The van der Waals surface area contributed by atoms with Crippen molar-refractivity contribution >= 4 is 17.6 Å². The van der Waals surface area contributed by atoms with Crippen LogP contribution >= 0.6 is 0 Å². The maximum absolute atomic E-state index is 12.8. The van der Waals surface area contributed by atoms with Crippen molar-refractivity contribution in [1.29, 1.82) is 0 Å². The van der Waals surface area contributed by atoms with E-state index < -0.39 is 0 Å². The van der Waals surface area contributed by atoms with Gasteiger partial charge in [-0.25, -0.2) is 14.8 Å². The lowest BCUT2D eigenvalue weighted by Crippen LogP contribution is -2.41. The first-order valence-electron chi connectivity index (χ1n) is 8.84. The summed E-state index contributed by atoms with van der Waals surface area (Å²) in [6.07, 6.45) is 5.13. The SMILES string of the molecule is CNC(=O)c1ccc(OC)c(NC(=O)N2CCCC(c3ccncn3)C2)c1. The fraction of sp³-hybridized carbons (Fsp3) is 0.368. The molecule has 27 heavy (non-hydrogen) atoms. The van der Waals surface area contributed by atoms with E-state index in [1.54, 1.807) is 36.3 Å². The third-order valence-corrected chi connectivity index (χ3v) is 4.66. The maximum atomic E-state index is 12.8. The smallest absolute Gasteiger partial charge is 0.321 e. The maximum Gasteiger partial charge on any atom is 0.321 e. The molecule has 1 atom stereocenters. The monoisotopic (exact) mass is 369 g/mol. The molecule has 3 amide bonds. The van der Waals surface area contributed by atoms with Gasteiger partial charge in [-0.15, -0.1) is 0 Å². The Bertz CT molecular complexity index is 812. The van der Waals surface area contributed by atoms with E-state index in [4.69, 9.17) is 4.74 Å². The molecule has 8 nitrogen and oxygen atoms in total. The van der Waals surface area contributed by atoms with Crippen LogP contribution in [-0.2, 0) is 0 Å². The molecule has 2 N–H and O–H groups in total. The summed E-state index contributed by atoms with van der Waals surface area (Å²) in [6.45, 7) is 1.26. The zero-order valence-electron chi connectivity index (χ0n) is 15.4. The lowest BCUT2D eigenvalue weighted by atomic mass is 9.95. The molecule has 1 unspecified atom stereocenters. The highest BCUT2D eigenvalue weighted by Gasteiger charge is 2.26. The summed E-state index contributed by atoms with van der Waals surface area (Å²) in [5.41, 5.74) is 1.86. The molecule has 1 aliphatic heterocycles. The number of hydrogen-bond acceptors (Lipinski definition) is 5. The lowest BCUT2D eigenvalue weighted by Gasteiger charge is -2.32. The summed E-state index contributed by atoms with van der Waals surface area (Å²) < 4.78 is 5.31. The molecule has 1 aromatic heterocycles. The average Bonchev–Trinajstić information content (AvgIpc) is 2.73. The first kappa shape index (κ1) is 18.6. The molecule has 0 saturated carbocycles. The zero-order valence-corrected chi connectivity index (χ0v) is 15.4. The van der Waals surface area contributed by atoms with Gasteiger partial charge in [0.2, 0.25) is 0 Å². The number of urea groups is 1. The number of benzene rings is 1. The third kappa shape index (κ3) is 4.33. The van der Waals surface area contributed by atoms with Crippen LogP contribution in [-0.4, -0.2) is 54.1 Å². The molecule has 0 aliphatic carbocycles. The number of hydrogen-bond donors (Lipinski definition) is 2. The Hall–Kier alpha value is -3.16. The summed E-state index contributed by atoms with van der Waals surface area (Å²) in [6, 6.07) is 6.60. The van der Waals surface area contributed by atoms with Crippen molar-refractivity contribution in [2.24, 2.45) is 0 Å². The van der Waals surface area contributed by atoms with Gasteiger partial charge in [0.25, 0.3) is 5.91 Å². The van der Waals surface area contributed by atoms with E-state index in [1.807, 2.05) is 6.07 Å². The van der Waals surface area contributed by atoms with Crippen LogP contribution in [0, 0.1) is 0 Å². The lowest BCUT2D eigenvalue weighted by molar-refractivity contribution is 0.0963. The second-order valence-corrected chi connectivity index (χ2v) is 6.34. The van der Waals surface area contributed by atoms with Gasteiger partial charge < -0.3 is 20.3 Å². The van der Waals surface area contributed by atoms with E-state index in [9.17, 15) is 9.59 Å². The minimum Gasteiger partial charge on any atom is -0.495 e. The van der Waals surface area contributed by atoms with Crippen LogP contribution in [0.3, 0.4) is 0 Å². The number of carbonyl (C=O) groups excluding carboxylic acids is 2. The fourth-order valence-corrected chi connectivity index (χ4v) is 3.23. The van der Waals surface area contributed by atoms with Crippen molar-refractivity contribution in [2.75, 3.05) is 32.6 Å². The number of carbonyl (C=O) groups is 2. The number of amides is 3. The van der Waals surface area contributed by atoms with E-state index in [2.05, 4.69) is 20.6 Å². The van der Waals surface area contributed by atoms with Crippen molar-refractivity contribution < 1.29 is 14.3 Å². The van der Waals surface area contributed by atoms with Crippen molar-refractivity contribution in [3.05, 3.63) is 48.0 Å². The largest absolute Gasteiger partial charge is 0.495 e. The van der Waals surface area contributed by atoms with Gasteiger partial charge in [-0.05, 0) is 37.1 Å². The van der Waals surface area contributed by atoms with Gasteiger partial charge in [-0.2, -0.15) is 0 Å². The van der Waals surface area contributed by atoms with Crippen molar-refractivity contribution in [3.8, 4) is 5.75 Å². The number of piperidine rings is 1. The van der Waals surface area contributed by atoms with Crippen LogP contribution in [0.4, 0.5) is 10.5 Å². The van der Waals surface area contributed by atoms with Crippen molar-refractivity contribution in [2.45, 2.75) is 18.8 Å². The summed E-state index contributed by atoms with van der Waals surface area (Å²) in [5.74, 6) is 0.460. The number of methoxy groups -OCH3 is 1. The van der Waals surface area contributed by atoms with Crippen LogP contribution in [0.25, 0.3) is 0 Å². The summed E-state index contributed by atoms with van der Waals surface area (Å²) in [5, 5.41) is 5.44. The van der Waals surface area contributed by atoms with Crippen LogP contribution in [0.5, 0.6) is 5.75 Å². The van der Waals surface area contributed by atoms with Crippen molar-refractivity contribution in [1.82, 2.24) is 20.2 Å². The first-order chi connectivity index (χ1) is 13.1. The molecule has 0 radical (unpaired) electrons. The molecular formula is C19H23N5O3. The molecule has 142 valence electrons. The highest BCUT2D eigenvalue weighted by Crippen LogP contribution is 2.28. The molecule has 2 heterocycles. The Morgan fingerprint density at radius 1 is 1.30 bits per heavy atom. The molecular weight excluding hydrogens is 346 g/mol. The Balaban J connectivity index is 1.73. The molecule has 2 aromatic rings. The second kappa shape index (κ2) is 8.48. The van der Waals surface area contributed by atoms with E-state index in [0.717, 1.165) is 18.5 Å². The third-order valence-electron chi connectivity index (χ3n) is 4.66. The van der Waals surface area contributed by atoms with Crippen LogP contribution < -0.4 is 15.4 Å². The normalized spacial score (nSPS) is 16.5. The number of nitrogens with one attached hydrogen (secondary N) is 2. The minimum absolute atomic E-state index is 0.187. The quantitative estimate of drug-likeness (QED) is 0.862. The number of rotatable bonds is 4. The number of likely N-dealkylation sites (tertiary alicyclic amines) is 1. The van der Waals surface area contributed by atoms with Crippen LogP contribution in [0.1, 0.15) is 34.8 Å². The zero-order chi connectivity index (χ0) is 19.2. The molecule has 1 saturated heterocycles. The van der Waals surface area contributed by atoms with Gasteiger partial charge in [0.05, 0.1) is 12.8 Å². The van der Waals surface area contributed by atoms with E-state index >= 15 is 0 Å². The number of nitrogens with zero attached hydrogens (tertiary/aromatic N) is 3. The van der Waals surface area contributed by atoms with Gasteiger partial charge in [0.15, 0.2) is 0 Å². The van der Waals surface area contributed by atoms with Crippen LogP contribution in [0.2, 0.25) is 0 Å². The number of ether oxygens (including phenoxy) is 1. The molecule has 3 rings (SSSR count). The Morgan fingerprint density at radius 3 is 2.85 bits per heavy atom. The molecule has 8 heteroatoms. The van der Waals surface area contributed by atoms with Gasteiger partial charge in [-0.1, -0.05) is 0 Å². The van der Waals surface area contributed by atoms with Gasteiger partial charge in [0, 0.05) is 43.5 Å². The Kier molecular flexibility index (Phi) is 5.85. The predicted molar refractivity (Wildman–Crippen MR) is 101 cm³/mol. The summed E-state index contributed by atoms with van der Waals surface area (Å²) >= 11 is 0. The molecule has 0 bridgehead atoms. The van der Waals surface area contributed by atoms with Gasteiger partial charge in [0.1, 0.15) is 12.1 Å². The van der Waals surface area contributed by atoms with Crippen LogP contribution in [0.15, 0.2) is 36.8 Å². The number of anilines is 1. The molecule has 0 spiro atoms. The number of aromatic nitrogens is 2. The molecule has 1 aromatic carbocycles. The van der Waals surface area contributed by atoms with Gasteiger partial charge >= 0.3 is 6.03 Å². The minimum atomic E-state index is -0.227.